The summed E-state index contributed by atoms with van der Waals surface area (Å²) in [6, 6.07) is 9.30. The fraction of sp³-hybridized carbons (Fsp3) is 0.520. The van der Waals surface area contributed by atoms with Crippen LogP contribution in [0.25, 0.3) is 5.69 Å². The number of piperazine rings is 1. The first-order valence-corrected chi connectivity index (χ1v) is 12.4. The number of hydrogen-bond donors (Lipinski definition) is 4. The third kappa shape index (κ3) is 7.29. The molecule has 1 saturated carbocycles. The average molecular weight is 533 g/mol. The van der Waals surface area contributed by atoms with Crippen LogP contribution in [0.1, 0.15) is 32.3 Å². The quantitative estimate of drug-likeness (QED) is 0.413. The highest BCUT2D eigenvalue weighted by Crippen LogP contribution is 2.24. The lowest BCUT2D eigenvalue weighted by Gasteiger charge is -2.37. The van der Waals surface area contributed by atoms with E-state index in [-0.39, 0.29) is 30.2 Å². The van der Waals surface area contributed by atoms with Gasteiger partial charge in [-0.2, -0.15) is 4.98 Å². The Morgan fingerprint density at radius 1 is 1.05 bits per heavy atom. The number of rotatable bonds is 7. The van der Waals surface area contributed by atoms with E-state index in [2.05, 4.69) is 15.6 Å². The molecule has 0 spiro atoms. The minimum Gasteiger partial charge on any atom is -0.338 e. The number of nitrogens with zero attached hydrogens (tertiary/aromatic N) is 4. The number of aromatic nitrogens is 2. The summed E-state index contributed by atoms with van der Waals surface area (Å²) in [7, 11) is 0. The Labute approximate surface area is 223 Å². The van der Waals surface area contributed by atoms with Gasteiger partial charge in [-0.05, 0) is 62.9 Å². The molecule has 1 saturated heterocycles. The molecule has 12 heteroatoms. The Morgan fingerprint density at radius 2 is 1.68 bits per heavy atom. The molecule has 1 aromatic heterocycles. The van der Waals surface area contributed by atoms with Gasteiger partial charge >= 0.3 is 11.7 Å². The molecule has 2 aliphatic rings. The summed E-state index contributed by atoms with van der Waals surface area (Å²) in [4.78, 5) is 44.8. The number of nitrogens with two attached hydrogens (primary N) is 2. The molecule has 2 heterocycles. The molecule has 0 atom stereocenters. The molecule has 0 bridgehead atoms. The Balaban J connectivity index is 0.00000380. The standard InChI is InChI=1S/C25H36N8O3.ClH/c1-25(2,27)22(34)31-9-11-32(12-10-31)23(35)29-21-7-8-33(24(36)30-21)20-5-3-17(4-6-20)15-28-16-18-13-19(26)14-18;/h3-8,18-19,28H,9-16,26-27H2,1-2H3,(H,29,30,35,36);1H. The molecule has 1 aromatic carbocycles. The molecule has 37 heavy (non-hydrogen) atoms. The van der Waals surface area contributed by atoms with Crippen LogP contribution in [0.5, 0.6) is 0 Å². The number of carbonyl (C=O) groups is 2. The maximum Gasteiger partial charge on any atom is 0.354 e. The monoisotopic (exact) mass is 532 g/mol. The highest BCUT2D eigenvalue weighted by Gasteiger charge is 2.31. The molecule has 6 N–H and O–H groups in total. The van der Waals surface area contributed by atoms with Crippen molar-refractivity contribution in [3.63, 3.8) is 0 Å². The van der Waals surface area contributed by atoms with Gasteiger partial charge in [0.15, 0.2) is 0 Å². The zero-order chi connectivity index (χ0) is 25.9. The fourth-order valence-electron chi connectivity index (χ4n) is 4.53. The van der Waals surface area contributed by atoms with Crippen molar-refractivity contribution < 1.29 is 9.59 Å². The second-order valence-electron chi connectivity index (χ2n) is 10.3. The van der Waals surface area contributed by atoms with Gasteiger partial charge in [-0.3, -0.25) is 14.7 Å². The molecule has 1 aliphatic heterocycles. The van der Waals surface area contributed by atoms with Gasteiger partial charge in [-0.25, -0.2) is 9.59 Å². The second-order valence-corrected chi connectivity index (χ2v) is 10.3. The lowest BCUT2D eigenvalue weighted by atomic mass is 9.81. The van der Waals surface area contributed by atoms with Gasteiger partial charge in [0.2, 0.25) is 5.91 Å². The highest BCUT2D eigenvalue weighted by atomic mass is 35.5. The molecule has 202 valence electrons. The van der Waals surface area contributed by atoms with Crippen molar-refractivity contribution in [2.75, 3.05) is 38.0 Å². The topological polar surface area (TPSA) is 152 Å². The minimum absolute atomic E-state index is 0. The third-order valence-electron chi connectivity index (χ3n) is 6.69. The molecule has 4 rings (SSSR count). The van der Waals surface area contributed by atoms with Gasteiger partial charge in [-0.15, -0.1) is 12.4 Å². The summed E-state index contributed by atoms with van der Waals surface area (Å²) in [6.07, 6.45) is 3.77. The number of anilines is 1. The van der Waals surface area contributed by atoms with Crippen molar-refractivity contribution in [3.05, 3.63) is 52.6 Å². The van der Waals surface area contributed by atoms with Crippen molar-refractivity contribution in [1.29, 1.82) is 0 Å². The largest absolute Gasteiger partial charge is 0.354 e. The van der Waals surface area contributed by atoms with E-state index in [1.807, 2.05) is 24.3 Å². The van der Waals surface area contributed by atoms with Crippen molar-refractivity contribution in [3.8, 4) is 5.69 Å². The van der Waals surface area contributed by atoms with Gasteiger partial charge in [0.05, 0.1) is 11.2 Å². The van der Waals surface area contributed by atoms with E-state index in [0.717, 1.165) is 31.5 Å². The minimum atomic E-state index is -0.944. The van der Waals surface area contributed by atoms with E-state index >= 15 is 0 Å². The van der Waals surface area contributed by atoms with Gasteiger partial charge in [0.1, 0.15) is 5.82 Å². The van der Waals surface area contributed by atoms with Crippen molar-refractivity contribution >= 4 is 30.2 Å². The molecule has 2 fully saturated rings. The SMILES string of the molecule is CC(C)(N)C(=O)N1CCN(C(=O)Nc2ccn(-c3ccc(CNCC4CC(N)C4)cc3)c(=O)n2)CC1.Cl. The Kier molecular flexibility index (Phi) is 9.30. The van der Waals surface area contributed by atoms with Crippen LogP contribution in [-0.4, -0.2) is 75.6 Å². The van der Waals surface area contributed by atoms with Crippen LogP contribution in [0.15, 0.2) is 41.3 Å². The van der Waals surface area contributed by atoms with E-state index in [9.17, 15) is 14.4 Å². The summed E-state index contributed by atoms with van der Waals surface area (Å²) >= 11 is 0. The number of benzene rings is 1. The van der Waals surface area contributed by atoms with Crippen LogP contribution in [-0.2, 0) is 11.3 Å². The summed E-state index contributed by atoms with van der Waals surface area (Å²) in [6.45, 7) is 6.62. The van der Waals surface area contributed by atoms with Crippen LogP contribution in [0.4, 0.5) is 10.6 Å². The van der Waals surface area contributed by atoms with Gasteiger partial charge in [0.25, 0.3) is 0 Å². The molecular formula is C25H37ClN8O3. The van der Waals surface area contributed by atoms with Crippen LogP contribution < -0.4 is 27.8 Å². The molecule has 1 aliphatic carbocycles. The summed E-state index contributed by atoms with van der Waals surface area (Å²) in [5, 5.41) is 6.13. The lowest BCUT2D eigenvalue weighted by Crippen LogP contribution is -2.58. The first-order chi connectivity index (χ1) is 17.1. The average Bonchev–Trinajstić information content (AvgIpc) is 2.82. The number of nitrogens with one attached hydrogen (secondary N) is 2. The smallest absolute Gasteiger partial charge is 0.338 e. The predicted octanol–water partition coefficient (Wildman–Crippen LogP) is 0.895. The molecular weight excluding hydrogens is 496 g/mol. The summed E-state index contributed by atoms with van der Waals surface area (Å²) < 4.78 is 1.43. The number of hydrogen-bond acceptors (Lipinski definition) is 7. The highest BCUT2D eigenvalue weighted by molar-refractivity contribution is 5.89. The zero-order valence-electron chi connectivity index (χ0n) is 21.4. The van der Waals surface area contributed by atoms with Crippen LogP contribution in [0.2, 0.25) is 0 Å². The van der Waals surface area contributed by atoms with Gasteiger partial charge in [0, 0.05) is 45.0 Å². The van der Waals surface area contributed by atoms with Crippen LogP contribution in [0, 0.1) is 5.92 Å². The van der Waals surface area contributed by atoms with E-state index in [0.29, 0.717) is 43.8 Å². The van der Waals surface area contributed by atoms with Gasteiger partial charge < -0.3 is 26.6 Å². The molecule has 0 radical (unpaired) electrons. The second kappa shape index (κ2) is 12.0. The zero-order valence-corrected chi connectivity index (χ0v) is 22.2. The Bertz CT molecular complexity index is 1130. The first kappa shape index (κ1) is 28.6. The predicted molar refractivity (Wildman–Crippen MR) is 145 cm³/mol. The first-order valence-electron chi connectivity index (χ1n) is 12.4. The number of urea groups is 1. The Hall–Kier alpha value is -2.99. The van der Waals surface area contributed by atoms with E-state index in [1.54, 1.807) is 35.9 Å². The molecule has 11 nitrogen and oxygen atoms in total. The summed E-state index contributed by atoms with van der Waals surface area (Å²) in [5.41, 5.74) is 12.1. The van der Waals surface area contributed by atoms with E-state index < -0.39 is 11.2 Å². The van der Waals surface area contributed by atoms with Crippen molar-refractivity contribution in [1.82, 2.24) is 24.7 Å². The number of amides is 3. The normalized spacial score (nSPS) is 19.6. The number of carbonyl (C=O) groups excluding carboxylic acids is 2. The molecule has 3 amide bonds. The van der Waals surface area contributed by atoms with Crippen molar-refractivity contribution in [2.24, 2.45) is 17.4 Å². The molecule has 2 aromatic rings. The Morgan fingerprint density at radius 3 is 2.24 bits per heavy atom. The van der Waals surface area contributed by atoms with E-state index in [4.69, 9.17) is 11.5 Å². The maximum absolute atomic E-state index is 12.6. The third-order valence-corrected chi connectivity index (χ3v) is 6.69. The lowest BCUT2D eigenvalue weighted by molar-refractivity contribution is -0.137. The maximum atomic E-state index is 12.6. The molecule has 0 unspecified atom stereocenters. The van der Waals surface area contributed by atoms with Crippen LogP contribution >= 0.6 is 12.4 Å². The fourth-order valence-corrected chi connectivity index (χ4v) is 4.53. The van der Waals surface area contributed by atoms with Crippen LogP contribution in [0.3, 0.4) is 0 Å². The van der Waals surface area contributed by atoms with E-state index in [1.165, 1.54) is 4.57 Å². The summed E-state index contributed by atoms with van der Waals surface area (Å²) in [5.74, 6) is 0.704. The van der Waals surface area contributed by atoms with Gasteiger partial charge in [-0.1, -0.05) is 12.1 Å². The van der Waals surface area contributed by atoms with Crippen molar-refractivity contribution in [2.45, 2.75) is 44.8 Å². The number of halogens is 1.